The fourth-order valence-corrected chi connectivity index (χ4v) is 1.69. The highest BCUT2D eigenvalue weighted by molar-refractivity contribution is 5.97. The predicted molar refractivity (Wildman–Crippen MR) is 59.9 cm³/mol. The highest BCUT2D eigenvalue weighted by atomic mass is 16.5. The third-order valence-corrected chi connectivity index (χ3v) is 2.44. The number of benzene rings is 1. The van der Waals surface area contributed by atoms with Crippen molar-refractivity contribution >= 4 is 16.6 Å². The highest BCUT2D eigenvalue weighted by Crippen LogP contribution is 2.46. The molecule has 3 N–H and O–H groups in total. The van der Waals surface area contributed by atoms with Crippen molar-refractivity contribution in [1.82, 2.24) is 4.98 Å². The Morgan fingerprint density at radius 1 is 1.35 bits per heavy atom. The second-order valence-corrected chi connectivity index (χ2v) is 3.31. The summed E-state index contributed by atoms with van der Waals surface area (Å²) in [5.41, 5.74) is 6.00. The average molecular weight is 237 g/mol. The minimum atomic E-state index is -0.230. The van der Waals surface area contributed by atoms with Gasteiger partial charge in [-0.05, 0) is 0 Å². The molecule has 0 aliphatic heterocycles. The van der Waals surface area contributed by atoms with Gasteiger partial charge < -0.3 is 25.5 Å². The summed E-state index contributed by atoms with van der Waals surface area (Å²) < 4.78 is 10.5. The van der Waals surface area contributed by atoms with Crippen LogP contribution in [0.25, 0.3) is 10.9 Å². The molecule has 90 valence electrons. The molecule has 2 rings (SSSR count). The number of phenolic OH excluding ortho intramolecular Hbond substituents is 1. The van der Waals surface area contributed by atoms with Crippen LogP contribution in [0.3, 0.4) is 0 Å². The lowest BCUT2D eigenvalue weighted by atomic mass is 10.1. The summed E-state index contributed by atoms with van der Waals surface area (Å²) in [7, 11) is 2.74. The van der Waals surface area contributed by atoms with Crippen LogP contribution in [-0.2, 0) is 0 Å². The fraction of sp³-hybridized carbons (Fsp3) is 0.200. The number of hydrogen-bond acceptors (Lipinski definition) is 6. The van der Waals surface area contributed by atoms with Crippen molar-refractivity contribution in [3.8, 4) is 17.2 Å². The van der Waals surface area contributed by atoms with Crippen molar-refractivity contribution < 1.29 is 19.3 Å². The van der Waals surface area contributed by atoms with E-state index in [0.717, 1.165) is 6.33 Å². The molecule has 17 heavy (non-hydrogen) atoms. The first kappa shape index (κ1) is 11.1. The van der Waals surface area contributed by atoms with E-state index in [2.05, 4.69) is 4.98 Å². The molecule has 1 aromatic carbocycles. The molecule has 0 bridgehead atoms. The molecule has 0 unspecified atom stereocenters. The first-order valence-electron chi connectivity index (χ1n) is 4.71. The molecule has 0 fully saturated rings. The molecular formula is C10H11N3O4. The van der Waals surface area contributed by atoms with Gasteiger partial charge in [-0.2, -0.15) is 0 Å². The van der Waals surface area contributed by atoms with Crippen LogP contribution < -0.4 is 19.9 Å². The first-order chi connectivity index (χ1) is 8.11. The number of hydrogen-bond donors (Lipinski definition) is 2. The van der Waals surface area contributed by atoms with Crippen molar-refractivity contribution in [3.05, 3.63) is 17.7 Å². The summed E-state index contributed by atoms with van der Waals surface area (Å²) in [6.45, 7) is 0. The van der Waals surface area contributed by atoms with Gasteiger partial charge in [-0.3, -0.25) is 0 Å². The minimum absolute atomic E-state index is 0.0745. The van der Waals surface area contributed by atoms with Gasteiger partial charge in [0.1, 0.15) is 11.1 Å². The van der Waals surface area contributed by atoms with E-state index < -0.39 is 0 Å². The molecule has 0 saturated heterocycles. The lowest BCUT2D eigenvalue weighted by Crippen LogP contribution is -2.28. The molecule has 0 radical (unpaired) electrons. The maximum absolute atomic E-state index is 11.6. The summed E-state index contributed by atoms with van der Waals surface area (Å²) in [5.74, 6) is -0.0370. The minimum Gasteiger partial charge on any atom is -0.710 e. The Hall–Kier alpha value is -2.44. The van der Waals surface area contributed by atoms with Gasteiger partial charge in [-0.15, -0.1) is 0 Å². The summed E-state index contributed by atoms with van der Waals surface area (Å²) in [5, 5.41) is 21.7. The van der Waals surface area contributed by atoms with E-state index in [0.29, 0.717) is 4.73 Å². The van der Waals surface area contributed by atoms with Gasteiger partial charge in [0.15, 0.2) is 23.2 Å². The Balaban J connectivity index is 2.99. The Labute approximate surface area is 96.6 Å². The van der Waals surface area contributed by atoms with Crippen molar-refractivity contribution in [3.63, 3.8) is 0 Å². The molecule has 0 spiro atoms. The predicted octanol–water partition coefficient (Wildman–Crippen LogP) is 0.173. The van der Waals surface area contributed by atoms with Gasteiger partial charge >= 0.3 is 0 Å². The van der Waals surface area contributed by atoms with Crippen molar-refractivity contribution in [2.24, 2.45) is 0 Å². The maximum Gasteiger partial charge on any atom is 0.289 e. The summed E-state index contributed by atoms with van der Waals surface area (Å²) in [4.78, 5) is 3.68. The molecule has 0 saturated carbocycles. The van der Waals surface area contributed by atoms with Crippen molar-refractivity contribution in [1.29, 1.82) is 0 Å². The van der Waals surface area contributed by atoms with Gasteiger partial charge in [0, 0.05) is 0 Å². The standard InChI is InChI=1S/C10H11N3O4/c1-16-9-6(11)7-5(3-12-4-13(7)15)8(14)10(9)17-2/h3-4,14H,11H2,1-2H3. The van der Waals surface area contributed by atoms with E-state index in [-0.39, 0.29) is 33.8 Å². The van der Waals surface area contributed by atoms with Crippen LogP contribution in [0.1, 0.15) is 0 Å². The molecule has 1 heterocycles. The average Bonchev–Trinajstić information content (AvgIpc) is 2.33. The quantitative estimate of drug-likeness (QED) is 0.334. The second-order valence-electron chi connectivity index (χ2n) is 3.31. The monoisotopic (exact) mass is 237 g/mol. The van der Waals surface area contributed by atoms with Gasteiger partial charge in [0.25, 0.3) is 6.33 Å². The number of fused-ring (bicyclic) bond motifs is 1. The van der Waals surface area contributed by atoms with E-state index in [1.54, 1.807) is 0 Å². The number of nitrogens with zero attached hydrogens (tertiary/aromatic N) is 2. The molecular weight excluding hydrogens is 226 g/mol. The summed E-state index contributed by atoms with van der Waals surface area (Å²) in [6, 6.07) is 0. The topological polar surface area (TPSA) is 105 Å². The molecule has 1 aromatic heterocycles. The number of anilines is 1. The Morgan fingerprint density at radius 2 is 2.00 bits per heavy atom. The number of aromatic nitrogens is 2. The van der Waals surface area contributed by atoms with E-state index in [1.165, 1.54) is 20.4 Å². The molecule has 0 atom stereocenters. The zero-order chi connectivity index (χ0) is 12.6. The van der Waals surface area contributed by atoms with E-state index in [9.17, 15) is 10.3 Å². The van der Waals surface area contributed by atoms with Crippen LogP contribution in [0.15, 0.2) is 12.5 Å². The highest BCUT2D eigenvalue weighted by Gasteiger charge is 2.23. The summed E-state index contributed by atoms with van der Waals surface area (Å²) in [6.07, 6.45) is 2.38. The summed E-state index contributed by atoms with van der Waals surface area (Å²) >= 11 is 0. The zero-order valence-electron chi connectivity index (χ0n) is 9.30. The van der Waals surface area contributed by atoms with E-state index in [4.69, 9.17) is 15.2 Å². The molecule has 0 amide bonds. The van der Waals surface area contributed by atoms with Crippen LogP contribution in [-0.4, -0.2) is 24.3 Å². The molecule has 0 aliphatic carbocycles. The molecule has 7 heteroatoms. The fourth-order valence-electron chi connectivity index (χ4n) is 1.69. The van der Waals surface area contributed by atoms with Gasteiger partial charge in [-0.25, -0.2) is 4.73 Å². The van der Waals surface area contributed by atoms with Crippen molar-refractivity contribution in [2.75, 3.05) is 20.0 Å². The Morgan fingerprint density at radius 3 is 2.59 bits per heavy atom. The van der Waals surface area contributed by atoms with Crippen LogP contribution in [0.2, 0.25) is 0 Å². The van der Waals surface area contributed by atoms with E-state index >= 15 is 0 Å². The SMILES string of the molecule is COc1c(OC)c(N)c2c(cnc[n+]2[O-])c1O. The largest absolute Gasteiger partial charge is 0.710 e. The van der Waals surface area contributed by atoms with Gasteiger partial charge in [0.2, 0.25) is 5.75 Å². The lowest BCUT2D eigenvalue weighted by Gasteiger charge is -2.15. The molecule has 2 aromatic rings. The second kappa shape index (κ2) is 3.85. The van der Waals surface area contributed by atoms with Gasteiger partial charge in [0.05, 0.1) is 14.2 Å². The van der Waals surface area contributed by atoms with Crippen LogP contribution >= 0.6 is 0 Å². The van der Waals surface area contributed by atoms with Crippen LogP contribution in [0.5, 0.6) is 17.2 Å². The lowest BCUT2D eigenvalue weighted by molar-refractivity contribution is -0.580. The number of phenols is 1. The van der Waals surface area contributed by atoms with E-state index in [1.807, 2.05) is 0 Å². The van der Waals surface area contributed by atoms with Crippen LogP contribution in [0, 0.1) is 5.21 Å². The van der Waals surface area contributed by atoms with Gasteiger partial charge in [-0.1, -0.05) is 4.98 Å². The number of nitrogen functional groups attached to an aromatic ring is 1. The molecule has 0 aliphatic rings. The smallest absolute Gasteiger partial charge is 0.289 e. The number of nitrogens with two attached hydrogens (primary N) is 1. The third kappa shape index (κ3) is 1.43. The number of rotatable bonds is 2. The number of methoxy groups -OCH3 is 2. The van der Waals surface area contributed by atoms with Crippen LogP contribution in [0.4, 0.5) is 5.69 Å². The Kier molecular flexibility index (Phi) is 2.51. The Bertz CT molecular complexity index is 586. The zero-order valence-corrected chi connectivity index (χ0v) is 9.30. The number of aromatic hydroxyl groups is 1. The molecule has 7 nitrogen and oxygen atoms in total. The maximum atomic E-state index is 11.6. The normalized spacial score (nSPS) is 10.5. The first-order valence-corrected chi connectivity index (χ1v) is 4.71. The number of ether oxygens (including phenoxy) is 2. The third-order valence-electron chi connectivity index (χ3n) is 2.44. The van der Waals surface area contributed by atoms with Crippen molar-refractivity contribution in [2.45, 2.75) is 0 Å².